The summed E-state index contributed by atoms with van der Waals surface area (Å²) in [6.45, 7) is 1.21. The highest BCUT2D eigenvalue weighted by molar-refractivity contribution is 7.92. The highest BCUT2D eigenvalue weighted by atomic mass is 32.2. The summed E-state index contributed by atoms with van der Waals surface area (Å²) in [6, 6.07) is 7.63. The Labute approximate surface area is 114 Å². The van der Waals surface area contributed by atoms with Gasteiger partial charge in [-0.25, -0.2) is 8.42 Å². The van der Waals surface area contributed by atoms with E-state index in [4.69, 9.17) is 0 Å². The van der Waals surface area contributed by atoms with E-state index in [1.54, 1.807) is 4.31 Å². The number of fused-ring (bicyclic) bond motifs is 1. The number of hydrogen-bond donors (Lipinski definition) is 1. The molecule has 0 unspecified atom stereocenters. The number of para-hydroxylation sites is 2. The van der Waals surface area contributed by atoms with Gasteiger partial charge in [0, 0.05) is 6.54 Å². The Balaban J connectivity index is 1.77. The highest BCUT2D eigenvalue weighted by Gasteiger charge is 2.28. The van der Waals surface area contributed by atoms with Gasteiger partial charge in [0.1, 0.15) is 0 Å². The number of sulfonamides is 1. The zero-order valence-corrected chi connectivity index (χ0v) is 11.8. The van der Waals surface area contributed by atoms with Gasteiger partial charge in [0.05, 0.1) is 23.7 Å². The third-order valence-corrected chi connectivity index (χ3v) is 5.95. The molecule has 1 aromatic carbocycles. The molecule has 1 heterocycles. The van der Waals surface area contributed by atoms with Crippen LogP contribution in [0.2, 0.25) is 0 Å². The Morgan fingerprint density at radius 3 is 2.79 bits per heavy atom. The molecule has 1 saturated carbocycles. The highest BCUT2D eigenvalue weighted by Crippen LogP contribution is 2.33. The molecule has 1 aliphatic carbocycles. The minimum Gasteiger partial charge on any atom is -0.382 e. The molecule has 0 bridgehead atoms. The van der Waals surface area contributed by atoms with Crippen molar-refractivity contribution in [2.45, 2.75) is 25.7 Å². The molecule has 0 radical (unpaired) electrons. The van der Waals surface area contributed by atoms with Crippen LogP contribution in [0.4, 0.5) is 11.4 Å². The minimum absolute atomic E-state index is 0.284. The number of nitrogens with one attached hydrogen (secondary N) is 1. The van der Waals surface area contributed by atoms with Crippen LogP contribution in [0.25, 0.3) is 0 Å². The van der Waals surface area contributed by atoms with Gasteiger partial charge in [0.15, 0.2) is 0 Å². The quantitative estimate of drug-likeness (QED) is 0.921. The Kier molecular flexibility index (Phi) is 3.39. The number of rotatable bonds is 4. The first kappa shape index (κ1) is 12.8. The van der Waals surface area contributed by atoms with Crippen molar-refractivity contribution >= 4 is 21.4 Å². The second-order valence-electron chi connectivity index (χ2n) is 5.42. The van der Waals surface area contributed by atoms with Gasteiger partial charge in [-0.3, -0.25) is 4.31 Å². The van der Waals surface area contributed by atoms with E-state index in [0.717, 1.165) is 17.8 Å². The molecule has 3 rings (SSSR count). The molecule has 1 N–H and O–H groups in total. The number of hydrogen-bond acceptors (Lipinski definition) is 3. The summed E-state index contributed by atoms with van der Waals surface area (Å²) in [7, 11) is -3.17. The van der Waals surface area contributed by atoms with Crippen molar-refractivity contribution in [1.82, 2.24) is 0 Å². The van der Waals surface area contributed by atoms with E-state index in [9.17, 15) is 8.42 Å². The van der Waals surface area contributed by atoms with Gasteiger partial charge in [0.2, 0.25) is 10.0 Å². The molecular weight excluding hydrogens is 260 g/mol. The van der Waals surface area contributed by atoms with Crippen molar-refractivity contribution in [1.29, 1.82) is 0 Å². The van der Waals surface area contributed by atoms with Crippen LogP contribution in [0.15, 0.2) is 24.3 Å². The lowest BCUT2D eigenvalue weighted by Gasteiger charge is -2.32. The maximum Gasteiger partial charge on any atom is 0.235 e. The summed E-state index contributed by atoms with van der Waals surface area (Å²) in [4.78, 5) is 0. The molecule has 1 aromatic rings. The van der Waals surface area contributed by atoms with Crippen LogP contribution in [-0.2, 0) is 10.0 Å². The van der Waals surface area contributed by atoms with Crippen molar-refractivity contribution in [3.05, 3.63) is 24.3 Å². The third-order valence-electron chi connectivity index (χ3n) is 4.15. The molecule has 4 nitrogen and oxygen atoms in total. The van der Waals surface area contributed by atoms with Crippen LogP contribution in [0, 0.1) is 5.92 Å². The molecule has 19 heavy (non-hydrogen) atoms. The van der Waals surface area contributed by atoms with Crippen LogP contribution < -0.4 is 9.62 Å². The van der Waals surface area contributed by atoms with E-state index < -0.39 is 10.0 Å². The summed E-state index contributed by atoms with van der Waals surface area (Å²) in [5.41, 5.74) is 1.71. The zero-order valence-electron chi connectivity index (χ0n) is 11.0. The van der Waals surface area contributed by atoms with Crippen LogP contribution >= 0.6 is 0 Å². The Bertz CT molecular complexity index is 552. The monoisotopic (exact) mass is 280 g/mol. The summed E-state index contributed by atoms with van der Waals surface area (Å²) < 4.78 is 26.6. The van der Waals surface area contributed by atoms with E-state index >= 15 is 0 Å². The molecule has 1 fully saturated rings. The Morgan fingerprint density at radius 2 is 2.05 bits per heavy atom. The molecule has 0 atom stereocenters. The molecular formula is C14H20N2O2S. The van der Waals surface area contributed by atoms with Crippen molar-refractivity contribution in [3.8, 4) is 0 Å². The van der Waals surface area contributed by atoms with Gasteiger partial charge in [-0.05, 0) is 24.5 Å². The average molecular weight is 280 g/mol. The van der Waals surface area contributed by atoms with Crippen molar-refractivity contribution in [2.24, 2.45) is 5.92 Å². The molecule has 0 aromatic heterocycles. The third kappa shape index (κ3) is 2.56. The van der Waals surface area contributed by atoms with E-state index in [1.807, 2.05) is 24.3 Å². The average Bonchev–Trinajstić information content (AvgIpc) is 2.36. The smallest absolute Gasteiger partial charge is 0.235 e. The Morgan fingerprint density at radius 1 is 1.26 bits per heavy atom. The standard InChI is InChI=1S/C14H20N2O2S/c17-19(18,11-8-12-4-3-5-12)16-10-9-15-13-6-1-2-7-14(13)16/h1-2,6-7,12,15H,3-5,8-11H2. The van der Waals surface area contributed by atoms with E-state index in [0.29, 0.717) is 19.0 Å². The van der Waals surface area contributed by atoms with Crippen molar-refractivity contribution in [3.63, 3.8) is 0 Å². The van der Waals surface area contributed by atoms with Gasteiger partial charge < -0.3 is 5.32 Å². The van der Waals surface area contributed by atoms with Gasteiger partial charge >= 0.3 is 0 Å². The topological polar surface area (TPSA) is 49.4 Å². The first-order valence-corrected chi connectivity index (χ1v) is 8.61. The van der Waals surface area contributed by atoms with Crippen LogP contribution in [0.3, 0.4) is 0 Å². The molecule has 0 amide bonds. The molecule has 1 aliphatic heterocycles. The van der Waals surface area contributed by atoms with E-state index in [-0.39, 0.29) is 5.75 Å². The first-order chi connectivity index (χ1) is 9.17. The van der Waals surface area contributed by atoms with Gasteiger partial charge in [-0.15, -0.1) is 0 Å². The van der Waals surface area contributed by atoms with E-state index in [1.165, 1.54) is 19.3 Å². The van der Waals surface area contributed by atoms with Gasteiger partial charge in [-0.1, -0.05) is 31.4 Å². The van der Waals surface area contributed by atoms with Gasteiger partial charge in [-0.2, -0.15) is 0 Å². The second kappa shape index (κ2) is 5.04. The lowest BCUT2D eigenvalue weighted by molar-refractivity contribution is 0.307. The number of anilines is 2. The number of nitrogens with zero attached hydrogens (tertiary/aromatic N) is 1. The zero-order chi connectivity index (χ0) is 13.3. The normalized spacial score (nSPS) is 19.5. The SMILES string of the molecule is O=S(=O)(CCC1CCC1)N1CCNc2ccccc21. The summed E-state index contributed by atoms with van der Waals surface area (Å²) in [5, 5.41) is 3.25. The van der Waals surface area contributed by atoms with Crippen LogP contribution in [-0.4, -0.2) is 27.3 Å². The fourth-order valence-corrected chi connectivity index (χ4v) is 4.43. The fraction of sp³-hybridized carbons (Fsp3) is 0.571. The maximum absolute atomic E-state index is 12.5. The maximum atomic E-state index is 12.5. The predicted molar refractivity (Wildman–Crippen MR) is 78.0 cm³/mol. The van der Waals surface area contributed by atoms with Crippen LogP contribution in [0.1, 0.15) is 25.7 Å². The molecule has 2 aliphatic rings. The molecule has 0 spiro atoms. The predicted octanol–water partition coefficient (Wildman–Crippen LogP) is 2.44. The summed E-state index contributed by atoms with van der Waals surface area (Å²) >= 11 is 0. The summed E-state index contributed by atoms with van der Waals surface area (Å²) in [5.74, 6) is 0.916. The Hall–Kier alpha value is -1.23. The lowest BCUT2D eigenvalue weighted by Crippen LogP contribution is -2.40. The first-order valence-electron chi connectivity index (χ1n) is 7.00. The minimum atomic E-state index is -3.17. The van der Waals surface area contributed by atoms with Crippen molar-refractivity contribution in [2.75, 3.05) is 28.5 Å². The van der Waals surface area contributed by atoms with Gasteiger partial charge in [0.25, 0.3) is 0 Å². The largest absolute Gasteiger partial charge is 0.382 e. The van der Waals surface area contributed by atoms with Crippen molar-refractivity contribution < 1.29 is 8.42 Å². The summed E-state index contributed by atoms with van der Waals surface area (Å²) in [6.07, 6.45) is 4.48. The number of benzene rings is 1. The molecule has 0 saturated heterocycles. The second-order valence-corrected chi connectivity index (χ2v) is 7.43. The lowest BCUT2D eigenvalue weighted by atomic mass is 9.84. The molecule has 5 heteroatoms. The van der Waals surface area contributed by atoms with E-state index in [2.05, 4.69) is 5.32 Å². The fourth-order valence-electron chi connectivity index (χ4n) is 2.75. The molecule has 104 valence electrons. The van der Waals surface area contributed by atoms with Crippen LogP contribution in [0.5, 0.6) is 0 Å².